The minimum absolute atomic E-state index is 0.580. The van der Waals surface area contributed by atoms with Crippen LogP contribution in [-0.4, -0.2) is 38.4 Å². The van der Waals surface area contributed by atoms with Crippen LogP contribution >= 0.6 is 7.26 Å². The largest absolute Gasteiger partial charge is 0.381 e. The molecule has 68 valence electrons. The van der Waals surface area contributed by atoms with Gasteiger partial charge in [-0.05, 0) is 20.8 Å². The Kier molecular flexibility index (Phi) is 6.18. The second kappa shape index (κ2) is 5.97. The molecule has 0 amide bonds. The zero-order valence-corrected chi connectivity index (χ0v) is 9.29. The van der Waals surface area contributed by atoms with Crippen LogP contribution in [0.1, 0.15) is 20.8 Å². The Morgan fingerprint density at radius 1 is 1.00 bits per heavy atom. The summed E-state index contributed by atoms with van der Waals surface area (Å²) in [7, 11) is 1.22. The fourth-order valence-electron chi connectivity index (χ4n) is 1.43. The van der Waals surface area contributed by atoms with E-state index in [1.807, 2.05) is 0 Å². The molecule has 0 aromatic rings. The second-order valence-electron chi connectivity index (χ2n) is 3.01. The fourth-order valence-corrected chi connectivity index (χ4v) is 4.29. The summed E-state index contributed by atoms with van der Waals surface area (Å²) < 4.78 is 5.13. The van der Waals surface area contributed by atoms with Crippen LogP contribution in [0.3, 0.4) is 0 Å². The molecule has 2 heteroatoms. The molecule has 0 atom stereocenters. The standard InChI is InChI=1S/C9H22OP/c1-5-11(6-2,7-3)9-8-10-4/h5-9H2,1-4H3/q+1. The fraction of sp³-hybridized carbons (Fsp3) is 1.00. The van der Waals surface area contributed by atoms with Crippen LogP contribution in [-0.2, 0) is 4.74 Å². The Labute approximate surface area is 71.9 Å². The molecule has 0 N–H and O–H groups in total. The third kappa shape index (κ3) is 3.53. The monoisotopic (exact) mass is 177 g/mol. The molecular weight excluding hydrogens is 155 g/mol. The van der Waals surface area contributed by atoms with E-state index < -0.39 is 7.26 Å². The van der Waals surface area contributed by atoms with Crippen LogP contribution < -0.4 is 0 Å². The highest BCUT2D eigenvalue weighted by molar-refractivity contribution is 7.75. The van der Waals surface area contributed by atoms with Gasteiger partial charge in [0.1, 0.15) is 0 Å². The molecule has 0 heterocycles. The molecule has 0 unspecified atom stereocenters. The van der Waals surface area contributed by atoms with Crippen LogP contribution in [0.5, 0.6) is 0 Å². The third-order valence-electron chi connectivity index (χ3n) is 2.78. The zero-order chi connectivity index (χ0) is 8.74. The van der Waals surface area contributed by atoms with E-state index in [9.17, 15) is 0 Å². The van der Waals surface area contributed by atoms with Crippen LogP contribution in [0.15, 0.2) is 0 Å². The molecule has 0 aromatic heterocycles. The van der Waals surface area contributed by atoms with Crippen molar-refractivity contribution in [3.8, 4) is 0 Å². The topological polar surface area (TPSA) is 9.23 Å². The van der Waals surface area contributed by atoms with Gasteiger partial charge in [-0.1, -0.05) is 0 Å². The molecule has 0 radical (unpaired) electrons. The van der Waals surface area contributed by atoms with Crippen LogP contribution in [0, 0.1) is 0 Å². The maximum atomic E-state index is 5.13. The summed E-state index contributed by atoms with van der Waals surface area (Å²) in [4.78, 5) is 0. The quantitative estimate of drug-likeness (QED) is 0.567. The molecule has 0 aliphatic heterocycles. The molecule has 0 aliphatic rings. The Morgan fingerprint density at radius 2 is 1.45 bits per heavy atom. The minimum atomic E-state index is -0.580. The smallest absolute Gasteiger partial charge is 0.0827 e. The number of hydrogen-bond acceptors (Lipinski definition) is 1. The van der Waals surface area contributed by atoms with Crippen LogP contribution in [0.2, 0.25) is 0 Å². The average Bonchev–Trinajstić information content (AvgIpc) is 2.08. The van der Waals surface area contributed by atoms with E-state index in [1.54, 1.807) is 7.11 Å². The van der Waals surface area contributed by atoms with E-state index in [0.717, 1.165) is 6.61 Å². The Morgan fingerprint density at radius 3 is 1.73 bits per heavy atom. The summed E-state index contributed by atoms with van der Waals surface area (Å²) in [5.74, 6) is 0. The lowest BCUT2D eigenvalue weighted by molar-refractivity contribution is 0.217. The van der Waals surface area contributed by atoms with Gasteiger partial charge in [0, 0.05) is 14.4 Å². The molecule has 0 aliphatic carbocycles. The van der Waals surface area contributed by atoms with Crippen molar-refractivity contribution in [2.75, 3.05) is 38.4 Å². The third-order valence-corrected chi connectivity index (χ3v) is 7.94. The second-order valence-corrected chi connectivity index (χ2v) is 8.03. The van der Waals surface area contributed by atoms with Gasteiger partial charge >= 0.3 is 0 Å². The van der Waals surface area contributed by atoms with Crippen molar-refractivity contribution >= 4 is 7.26 Å². The van der Waals surface area contributed by atoms with E-state index >= 15 is 0 Å². The number of rotatable bonds is 6. The van der Waals surface area contributed by atoms with Gasteiger partial charge in [0.05, 0.1) is 31.3 Å². The Balaban J connectivity index is 3.84. The number of ether oxygens (including phenoxy) is 1. The Bertz CT molecular complexity index is 81.3. The van der Waals surface area contributed by atoms with Gasteiger partial charge in [-0.2, -0.15) is 0 Å². The minimum Gasteiger partial charge on any atom is -0.381 e. The summed E-state index contributed by atoms with van der Waals surface area (Å²) >= 11 is 0. The maximum absolute atomic E-state index is 5.13. The molecule has 0 rings (SSSR count). The first-order valence-corrected chi connectivity index (χ1v) is 7.11. The first-order valence-electron chi connectivity index (χ1n) is 4.58. The molecule has 0 fully saturated rings. The molecule has 0 bridgehead atoms. The molecule has 0 saturated heterocycles. The van der Waals surface area contributed by atoms with Crippen LogP contribution in [0.25, 0.3) is 0 Å². The van der Waals surface area contributed by atoms with Crippen LogP contribution in [0.4, 0.5) is 0 Å². The molecular formula is C9H22OP+. The van der Waals surface area contributed by atoms with Crippen molar-refractivity contribution in [3.63, 3.8) is 0 Å². The van der Waals surface area contributed by atoms with Gasteiger partial charge < -0.3 is 4.74 Å². The molecule has 0 spiro atoms. The lowest BCUT2D eigenvalue weighted by atomic mass is 10.8. The number of hydrogen-bond donors (Lipinski definition) is 0. The van der Waals surface area contributed by atoms with Gasteiger partial charge in [0.2, 0.25) is 0 Å². The van der Waals surface area contributed by atoms with Crippen molar-refractivity contribution in [1.82, 2.24) is 0 Å². The molecule has 11 heavy (non-hydrogen) atoms. The lowest BCUT2D eigenvalue weighted by Crippen LogP contribution is -2.11. The van der Waals surface area contributed by atoms with Gasteiger partial charge in [-0.25, -0.2) is 0 Å². The van der Waals surface area contributed by atoms with E-state index in [-0.39, 0.29) is 0 Å². The van der Waals surface area contributed by atoms with E-state index in [2.05, 4.69) is 20.8 Å². The predicted molar refractivity (Wildman–Crippen MR) is 55.3 cm³/mol. The van der Waals surface area contributed by atoms with Gasteiger partial charge in [-0.15, -0.1) is 0 Å². The highest BCUT2D eigenvalue weighted by atomic mass is 31.2. The van der Waals surface area contributed by atoms with E-state index in [0.29, 0.717) is 0 Å². The van der Waals surface area contributed by atoms with E-state index in [4.69, 9.17) is 4.74 Å². The van der Waals surface area contributed by atoms with Crippen molar-refractivity contribution in [2.24, 2.45) is 0 Å². The first-order chi connectivity index (χ1) is 5.24. The zero-order valence-electron chi connectivity index (χ0n) is 8.39. The van der Waals surface area contributed by atoms with Gasteiger partial charge in [0.25, 0.3) is 0 Å². The maximum Gasteiger partial charge on any atom is 0.0827 e. The summed E-state index contributed by atoms with van der Waals surface area (Å²) in [6, 6.07) is 0. The number of methoxy groups -OCH3 is 1. The molecule has 1 nitrogen and oxygen atoms in total. The lowest BCUT2D eigenvalue weighted by Gasteiger charge is -2.22. The van der Waals surface area contributed by atoms with Crippen molar-refractivity contribution in [1.29, 1.82) is 0 Å². The molecule has 0 aromatic carbocycles. The van der Waals surface area contributed by atoms with E-state index in [1.165, 1.54) is 24.6 Å². The van der Waals surface area contributed by atoms with Crippen molar-refractivity contribution < 1.29 is 4.74 Å². The first kappa shape index (κ1) is 11.4. The van der Waals surface area contributed by atoms with Crippen molar-refractivity contribution in [2.45, 2.75) is 20.8 Å². The highest BCUT2D eigenvalue weighted by Gasteiger charge is 2.29. The Hall–Kier alpha value is 0.390. The average molecular weight is 177 g/mol. The molecule has 0 saturated carbocycles. The van der Waals surface area contributed by atoms with Crippen molar-refractivity contribution in [3.05, 3.63) is 0 Å². The summed E-state index contributed by atoms with van der Waals surface area (Å²) in [6.45, 7) is 7.95. The SMILES string of the molecule is CC[P+](CC)(CC)CCOC. The summed E-state index contributed by atoms with van der Waals surface area (Å²) in [6.07, 6.45) is 5.50. The predicted octanol–water partition coefficient (Wildman–Crippen LogP) is 2.71. The van der Waals surface area contributed by atoms with Gasteiger partial charge in [0.15, 0.2) is 0 Å². The summed E-state index contributed by atoms with van der Waals surface area (Å²) in [5, 5.41) is 0. The van der Waals surface area contributed by atoms with Gasteiger partial charge in [-0.3, -0.25) is 0 Å². The highest BCUT2D eigenvalue weighted by Crippen LogP contribution is 2.57. The summed E-state index contributed by atoms with van der Waals surface area (Å²) in [5.41, 5.74) is 0. The normalized spacial score (nSPS) is 12.0.